The van der Waals surface area contributed by atoms with E-state index in [4.69, 9.17) is 0 Å². The molecule has 2 bridgehead atoms. The summed E-state index contributed by atoms with van der Waals surface area (Å²) in [6.45, 7) is 0. The maximum atomic E-state index is 13.5. The number of thiazole rings is 1. The van der Waals surface area contributed by atoms with Gasteiger partial charge in [-0.3, -0.25) is 19.3 Å². The zero-order valence-electron chi connectivity index (χ0n) is 16.6. The molecule has 2 aromatic heterocycles. The summed E-state index contributed by atoms with van der Waals surface area (Å²) >= 11 is 4.65. The summed E-state index contributed by atoms with van der Waals surface area (Å²) in [5.41, 5.74) is 0.448. The number of H-pyrrole nitrogens is 1. The van der Waals surface area contributed by atoms with E-state index in [1.165, 1.54) is 45.4 Å². The number of hydrogen-bond donors (Lipinski definition) is 1. The number of anilines is 1. The summed E-state index contributed by atoms with van der Waals surface area (Å²) in [6, 6.07) is 9.73. The number of nitrogens with zero attached hydrogens (tertiary/aromatic N) is 1. The van der Waals surface area contributed by atoms with Crippen LogP contribution in [0.3, 0.4) is 0 Å². The minimum absolute atomic E-state index is 0.0498. The number of carbonyl (C=O) groups excluding carboxylic acids is 2. The minimum Gasteiger partial charge on any atom is -0.307 e. The van der Waals surface area contributed by atoms with Gasteiger partial charge in [-0.05, 0) is 59.9 Å². The smallest absolute Gasteiger partial charge is 0.305 e. The van der Waals surface area contributed by atoms with Gasteiger partial charge in [0, 0.05) is 20.9 Å². The zero-order valence-corrected chi connectivity index (χ0v) is 19.0. The average Bonchev–Trinajstić information content (AvgIpc) is 3.57. The summed E-state index contributed by atoms with van der Waals surface area (Å²) in [6.07, 6.45) is 0.869. The van der Waals surface area contributed by atoms with Crippen LogP contribution in [0.2, 0.25) is 0 Å². The number of fused-ring (bicyclic) bond motifs is 9. The van der Waals surface area contributed by atoms with Crippen molar-refractivity contribution in [2.75, 3.05) is 4.90 Å². The fourth-order valence-electron chi connectivity index (χ4n) is 6.65. The van der Waals surface area contributed by atoms with E-state index in [2.05, 4.69) is 16.4 Å². The maximum Gasteiger partial charge on any atom is 0.305 e. The first-order chi connectivity index (χ1) is 15.5. The Morgan fingerprint density at radius 2 is 1.75 bits per heavy atom. The van der Waals surface area contributed by atoms with Crippen LogP contribution in [0.4, 0.5) is 10.1 Å². The molecule has 1 saturated heterocycles. The lowest BCUT2D eigenvalue weighted by Crippen LogP contribution is -2.42. The Hall–Kier alpha value is -2.23. The summed E-state index contributed by atoms with van der Waals surface area (Å²) < 4.78 is 13.4. The molecule has 2 aliphatic heterocycles. The largest absolute Gasteiger partial charge is 0.307 e. The molecule has 2 amide bonds. The van der Waals surface area contributed by atoms with Crippen LogP contribution in [0.15, 0.2) is 51.6 Å². The molecule has 0 unspecified atom stereocenters. The highest BCUT2D eigenvalue weighted by atomic mass is 32.2. The molecule has 3 aromatic rings. The molecule has 1 aromatic carbocycles. The van der Waals surface area contributed by atoms with E-state index >= 15 is 0 Å². The normalized spacial score (nSPS) is 34.7. The average molecular weight is 485 g/mol. The Morgan fingerprint density at radius 3 is 2.47 bits per heavy atom. The van der Waals surface area contributed by atoms with E-state index in [0.717, 1.165) is 16.3 Å². The van der Waals surface area contributed by atoms with E-state index in [9.17, 15) is 18.8 Å². The molecule has 2 aliphatic carbocycles. The highest BCUT2D eigenvalue weighted by Gasteiger charge is 2.69. The Kier molecular flexibility index (Phi) is 4.00. The lowest BCUT2D eigenvalue weighted by Gasteiger charge is -2.42. The first-order valence-electron chi connectivity index (χ1n) is 10.6. The number of imide groups is 1. The predicted octanol–water partition coefficient (Wildman–Crippen LogP) is 4.31. The number of thioether (sulfide) groups is 1. The van der Waals surface area contributed by atoms with E-state index in [1.807, 2.05) is 6.07 Å². The molecule has 4 heterocycles. The van der Waals surface area contributed by atoms with Crippen LogP contribution in [0.5, 0.6) is 0 Å². The zero-order chi connectivity index (χ0) is 21.7. The van der Waals surface area contributed by atoms with Gasteiger partial charge in [-0.15, -0.1) is 23.1 Å². The fraction of sp³-hybridized carbons (Fsp3) is 0.348. The minimum atomic E-state index is -0.394. The van der Waals surface area contributed by atoms with Gasteiger partial charge in [0.25, 0.3) is 0 Å². The standard InChI is InChI=1S/C23H17FN2O3S3/c24-9-3-5-10(6-4-9)26-21(27)15-11-8-12(16(15)22(26)28)18-14(11)17(13-2-1-7-30-13)19-20(31-18)25-23(29)32-19/h1-7,11-12,14-18H,8H2,(H,25,29)/t11-,12+,14-,15-,16-,17+,18-/m0/s1. The molecule has 3 fully saturated rings. The second-order valence-electron chi connectivity index (χ2n) is 8.96. The molecular formula is C23H17FN2O3S3. The van der Waals surface area contributed by atoms with Crippen LogP contribution in [0, 0.1) is 35.4 Å². The van der Waals surface area contributed by atoms with Gasteiger partial charge in [-0.2, -0.15) is 0 Å². The summed E-state index contributed by atoms with van der Waals surface area (Å²) in [5, 5.41) is 3.17. The molecule has 0 radical (unpaired) electrons. The Morgan fingerprint density at radius 1 is 1.00 bits per heavy atom. The van der Waals surface area contributed by atoms with Crippen molar-refractivity contribution in [2.24, 2.45) is 29.6 Å². The van der Waals surface area contributed by atoms with Crippen molar-refractivity contribution < 1.29 is 14.0 Å². The molecule has 0 spiro atoms. The molecule has 9 heteroatoms. The van der Waals surface area contributed by atoms with Gasteiger partial charge in [0.1, 0.15) is 5.82 Å². The number of aromatic nitrogens is 1. The van der Waals surface area contributed by atoms with Gasteiger partial charge >= 0.3 is 4.87 Å². The first-order valence-corrected chi connectivity index (χ1v) is 13.2. The number of nitrogens with one attached hydrogen (secondary N) is 1. The Balaban J connectivity index is 1.32. The molecule has 4 aliphatic rings. The number of amides is 2. The number of benzene rings is 1. The van der Waals surface area contributed by atoms with Gasteiger partial charge in [0.15, 0.2) is 0 Å². The Labute approximate surface area is 194 Å². The number of carbonyl (C=O) groups is 2. The molecule has 5 nitrogen and oxygen atoms in total. The number of thiophene rings is 1. The molecule has 162 valence electrons. The fourth-order valence-corrected chi connectivity index (χ4v) is 10.5. The van der Waals surface area contributed by atoms with Gasteiger partial charge in [0.2, 0.25) is 11.8 Å². The van der Waals surface area contributed by atoms with Crippen LogP contribution in [-0.4, -0.2) is 22.0 Å². The maximum absolute atomic E-state index is 13.5. The van der Waals surface area contributed by atoms with E-state index in [0.29, 0.717) is 5.69 Å². The van der Waals surface area contributed by atoms with E-state index in [-0.39, 0.29) is 57.4 Å². The lowest BCUT2D eigenvalue weighted by atomic mass is 9.69. The SMILES string of the molecule is O=C1[C@H]2[C@H]3C[C@@H]([C@@H]4Sc5[nH]c(=O)sc5[C@H](c5cccs5)[C@H]34)[C@@H]2C(=O)N1c1ccc(F)cc1. The van der Waals surface area contributed by atoms with Crippen LogP contribution in [0.1, 0.15) is 22.1 Å². The van der Waals surface area contributed by atoms with Gasteiger partial charge < -0.3 is 4.98 Å². The van der Waals surface area contributed by atoms with Crippen LogP contribution in [-0.2, 0) is 9.59 Å². The predicted molar refractivity (Wildman–Crippen MR) is 122 cm³/mol. The van der Waals surface area contributed by atoms with E-state index < -0.39 is 5.82 Å². The first kappa shape index (κ1) is 19.3. The summed E-state index contributed by atoms with van der Waals surface area (Å²) in [4.78, 5) is 45.7. The number of hydrogen-bond acceptors (Lipinski definition) is 6. The van der Waals surface area contributed by atoms with Gasteiger partial charge in [0.05, 0.1) is 22.5 Å². The van der Waals surface area contributed by atoms with Crippen molar-refractivity contribution in [2.45, 2.75) is 22.6 Å². The van der Waals surface area contributed by atoms with Crippen molar-refractivity contribution >= 4 is 51.9 Å². The van der Waals surface area contributed by atoms with Crippen LogP contribution < -0.4 is 9.77 Å². The van der Waals surface area contributed by atoms with Crippen molar-refractivity contribution in [3.8, 4) is 0 Å². The molecule has 7 atom stereocenters. The van der Waals surface area contributed by atoms with Crippen molar-refractivity contribution in [1.82, 2.24) is 4.98 Å². The molecule has 7 rings (SSSR count). The summed E-state index contributed by atoms with van der Waals surface area (Å²) in [5.74, 6) is -0.873. The third-order valence-electron chi connectivity index (χ3n) is 7.66. The number of aromatic amines is 1. The van der Waals surface area contributed by atoms with Crippen molar-refractivity contribution in [1.29, 1.82) is 0 Å². The molecular weight excluding hydrogens is 467 g/mol. The third-order valence-corrected chi connectivity index (χ3v) is 11.2. The number of halogens is 1. The van der Waals surface area contributed by atoms with Crippen molar-refractivity contribution in [3.05, 3.63) is 67.0 Å². The van der Waals surface area contributed by atoms with Crippen LogP contribution >= 0.6 is 34.4 Å². The molecule has 2 saturated carbocycles. The molecule has 1 N–H and O–H groups in total. The monoisotopic (exact) mass is 484 g/mol. The highest BCUT2D eigenvalue weighted by molar-refractivity contribution is 8.00. The second kappa shape index (κ2) is 6.65. The quantitative estimate of drug-likeness (QED) is 0.550. The Bertz CT molecular complexity index is 1310. The van der Waals surface area contributed by atoms with Gasteiger partial charge in [-0.1, -0.05) is 17.4 Å². The lowest BCUT2D eigenvalue weighted by molar-refractivity contribution is -0.123. The summed E-state index contributed by atoms with van der Waals surface area (Å²) in [7, 11) is 0. The highest BCUT2D eigenvalue weighted by Crippen LogP contribution is 2.68. The third kappa shape index (κ3) is 2.42. The van der Waals surface area contributed by atoms with Crippen molar-refractivity contribution in [3.63, 3.8) is 0 Å². The molecule has 32 heavy (non-hydrogen) atoms. The topological polar surface area (TPSA) is 70.2 Å². The van der Waals surface area contributed by atoms with Crippen LogP contribution in [0.25, 0.3) is 0 Å². The second-order valence-corrected chi connectivity index (χ2v) is 12.1. The van der Waals surface area contributed by atoms with E-state index in [1.54, 1.807) is 23.1 Å². The van der Waals surface area contributed by atoms with Gasteiger partial charge in [-0.25, -0.2) is 4.39 Å². The number of rotatable bonds is 2.